The summed E-state index contributed by atoms with van der Waals surface area (Å²) in [4.78, 5) is 17.0. The van der Waals surface area contributed by atoms with Crippen molar-refractivity contribution < 1.29 is 9.47 Å². The summed E-state index contributed by atoms with van der Waals surface area (Å²) in [5.41, 5.74) is 1.63. The van der Waals surface area contributed by atoms with Crippen LogP contribution in [0.2, 0.25) is 0 Å². The van der Waals surface area contributed by atoms with Gasteiger partial charge in [-0.2, -0.15) is 4.98 Å². The Hall–Kier alpha value is -1.95. The Balaban J connectivity index is 1.99. The molecule has 0 saturated heterocycles. The van der Waals surface area contributed by atoms with E-state index in [2.05, 4.69) is 4.98 Å². The highest BCUT2D eigenvalue weighted by Gasteiger charge is 2.21. The van der Waals surface area contributed by atoms with Gasteiger partial charge in [0.05, 0.1) is 19.8 Å². The van der Waals surface area contributed by atoms with Gasteiger partial charge >= 0.3 is 0 Å². The second kappa shape index (κ2) is 5.81. The minimum atomic E-state index is -0.00216. The topological polar surface area (TPSA) is 53.4 Å². The maximum Gasteiger partial charge on any atom is 0.261 e. The number of hydrogen-bond donors (Lipinski definition) is 0. The Morgan fingerprint density at radius 1 is 1.24 bits per heavy atom. The average Bonchev–Trinajstić information content (AvgIpc) is 2.99. The number of rotatable bonds is 4. The van der Waals surface area contributed by atoms with E-state index in [9.17, 15) is 4.79 Å². The zero-order chi connectivity index (χ0) is 14.8. The van der Waals surface area contributed by atoms with E-state index in [1.165, 1.54) is 0 Å². The molecule has 1 aliphatic rings. The smallest absolute Gasteiger partial charge is 0.261 e. The molecule has 0 N–H and O–H groups in total. The third kappa shape index (κ3) is 2.63. The van der Waals surface area contributed by atoms with Crippen LogP contribution >= 0.6 is 11.8 Å². The van der Waals surface area contributed by atoms with E-state index in [-0.39, 0.29) is 5.56 Å². The molecule has 1 aromatic carbocycles. The van der Waals surface area contributed by atoms with Crippen LogP contribution < -0.4 is 15.0 Å². The molecule has 21 heavy (non-hydrogen) atoms. The van der Waals surface area contributed by atoms with Gasteiger partial charge in [0.2, 0.25) is 5.88 Å². The van der Waals surface area contributed by atoms with Crippen molar-refractivity contribution >= 4 is 11.8 Å². The number of benzene rings is 1. The quantitative estimate of drug-likeness (QED) is 0.808. The largest absolute Gasteiger partial charge is 0.497 e. The number of fused-ring (bicyclic) bond motifs is 1. The first-order valence-electron chi connectivity index (χ1n) is 6.66. The standard InChI is InChI=1S/C15H16N2O3S/c1-19-11-5-3-10(4-6-11)9-12-13(20-2)16-15-17(14(12)18)7-8-21-15/h3-6H,7-9H2,1-2H3. The highest BCUT2D eigenvalue weighted by atomic mass is 32.2. The van der Waals surface area contributed by atoms with Crippen LogP contribution in [-0.2, 0) is 13.0 Å². The molecule has 0 aliphatic carbocycles. The molecule has 3 rings (SSSR count). The Labute approximate surface area is 126 Å². The highest BCUT2D eigenvalue weighted by Crippen LogP contribution is 2.26. The van der Waals surface area contributed by atoms with Gasteiger partial charge in [0.1, 0.15) is 5.75 Å². The number of methoxy groups -OCH3 is 2. The number of nitrogens with zero attached hydrogens (tertiary/aromatic N) is 2. The van der Waals surface area contributed by atoms with Gasteiger partial charge in [0, 0.05) is 18.7 Å². The minimum Gasteiger partial charge on any atom is -0.497 e. The van der Waals surface area contributed by atoms with Gasteiger partial charge in [0.15, 0.2) is 5.16 Å². The Kier molecular flexibility index (Phi) is 3.88. The molecular formula is C15H16N2O3S. The van der Waals surface area contributed by atoms with Crippen molar-refractivity contribution in [3.05, 3.63) is 45.7 Å². The fraction of sp³-hybridized carbons (Fsp3) is 0.333. The molecule has 0 unspecified atom stereocenters. The van der Waals surface area contributed by atoms with E-state index in [4.69, 9.17) is 9.47 Å². The summed E-state index contributed by atoms with van der Waals surface area (Å²) in [5, 5.41) is 0.746. The van der Waals surface area contributed by atoms with Crippen molar-refractivity contribution in [3.8, 4) is 11.6 Å². The van der Waals surface area contributed by atoms with Crippen LogP contribution in [0.1, 0.15) is 11.1 Å². The fourth-order valence-electron chi connectivity index (χ4n) is 2.36. The predicted molar refractivity (Wildman–Crippen MR) is 81.6 cm³/mol. The van der Waals surface area contributed by atoms with E-state index in [0.29, 0.717) is 24.4 Å². The second-order valence-electron chi connectivity index (χ2n) is 4.71. The lowest BCUT2D eigenvalue weighted by Crippen LogP contribution is -2.25. The molecule has 6 heteroatoms. The lowest BCUT2D eigenvalue weighted by Gasteiger charge is -2.10. The van der Waals surface area contributed by atoms with Gasteiger partial charge in [-0.15, -0.1) is 0 Å². The molecule has 0 bridgehead atoms. The average molecular weight is 304 g/mol. The first-order valence-corrected chi connectivity index (χ1v) is 7.65. The van der Waals surface area contributed by atoms with Crippen LogP contribution in [0.4, 0.5) is 0 Å². The van der Waals surface area contributed by atoms with Crippen LogP contribution in [0.5, 0.6) is 11.6 Å². The SMILES string of the molecule is COc1ccc(Cc2c(OC)nc3n(c2=O)CCS3)cc1. The summed E-state index contributed by atoms with van der Waals surface area (Å²) in [5.74, 6) is 2.11. The van der Waals surface area contributed by atoms with E-state index in [1.54, 1.807) is 30.5 Å². The fourth-order valence-corrected chi connectivity index (χ4v) is 3.29. The van der Waals surface area contributed by atoms with Crippen molar-refractivity contribution in [2.24, 2.45) is 0 Å². The molecule has 1 aromatic heterocycles. The number of aromatic nitrogens is 2. The van der Waals surface area contributed by atoms with Gasteiger partial charge in [-0.25, -0.2) is 0 Å². The summed E-state index contributed by atoms with van der Waals surface area (Å²) in [6, 6.07) is 7.67. The molecule has 0 fully saturated rings. The van der Waals surface area contributed by atoms with Gasteiger partial charge in [-0.3, -0.25) is 9.36 Å². The molecule has 0 radical (unpaired) electrons. The monoisotopic (exact) mass is 304 g/mol. The van der Waals surface area contributed by atoms with Crippen LogP contribution in [0.3, 0.4) is 0 Å². The zero-order valence-corrected chi connectivity index (χ0v) is 12.8. The number of hydrogen-bond acceptors (Lipinski definition) is 5. The lowest BCUT2D eigenvalue weighted by molar-refractivity contribution is 0.381. The first kappa shape index (κ1) is 14.0. The van der Waals surface area contributed by atoms with Gasteiger partial charge in [-0.05, 0) is 17.7 Å². The minimum absolute atomic E-state index is 0.00216. The summed E-state index contributed by atoms with van der Waals surface area (Å²) in [6.07, 6.45) is 0.504. The molecular weight excluding hydrogens is 288 g/mol. The number of ether oxygens (including phenoxy) is 2. The van der Waals surface area contributed by atoms with Crippen LogP contribution in [0, 0.1) is 0 Å². The van der Waals surface area contributed by atoms with E-state index < -0.39 is 0 Å². The molecule has 0 spiro atoms. The summed E-state index contributed by atoms with van der Waals surface area (Å²) < 4.78 is 12.2. The van der Waals surface area contributed by atoms with Crippen molar-refractivity contribution in [1.82, 2.24) is 9.55 Å². The van der Waals surface area contributed by atoms with Gasteiger partial charge < -0.3 is 9.47 Å². The maximum atomic E-state index is 12.6. The third-order valence-corrected chi connectivity index (χ3v) is 4.43. The van der Waals surface area contributed by atoms with Crippen molar-refractivity contribution in [2.75, 3.05) is 20.0 Å². The third-order valence-electron chi connectivity index (χ3n) is 3.47. The molecule has 2 heterocycles. The van der Waals surface area contributed by atoms with E-state index in [1.807, 2.05) is 24.3 Å². The molecule has 0 atom stereocenters. The Morgan fingerprint density at radius 3 is 2.67 bits per heavy atom. The van der Waals surface area contributed by atoms with Crippen LogP contribution in [0.25, 0.3) is 0 Å². The Morgan fingerprint density at radius 2 is 2.00 bits per heavy atom. The predicted octanol–water partition coefficient (Wildman–Crippen LogP) is 1.96. The zero-order valence-electron chi connectivity index (χ0n) is 12.0. The van der Waals surface area contributed by atoms with E-state index in [0.717, 1.165) is 22.2 Å². The van der Waals surface area contributed by atoms with Crippen molar-refractivity contribution in [1.29, 1.82) is 0 Å². The maximum absolute atomic E-state index is 12.6. The van der Waals surface area contributed by atoms with Crippen molar-refractivity contribution in [2.45, 2.75) is 18.1 Å². The van der Waals surface area contributed by atoms with E-state index >= 15 is 0 Å². The molecule has 5 nitrogen and oxygen atoms in total. The second-order valence-corrected chi connectivity index (χ2v) is 5.77. The molecule has 0 amide bonds. The van der Waals surface area contributed by atoms with Gasteiger partial charge in [0.25, 0.3) is 5.56 Å². The lowest BCUT2D eigenvalue weighted by atomic mass is 10.1. The molecule has 110 valence electrons. The van der Waals surface area contributed by atoms with Gasteiger partial charge in [-0.1, -0.05) is 23.9 Å². The highest BCUT2D eigenvalue weighted by molar-refractivity contribution is 7.99. The molecule has 0 saturated carbocycles. The number of thioether (sulfide) groups is 1. The normalized spacial score (nSPS) is 13.0. The summed E-state index contributed by atoms with van der Waals surface area (Å²) in [7, 11) is 3.18. The van der Waals surface area contributed by atoms with Crippen LogP contribution in [-0.4, -0.2) is 29.5 Å². The first-order chi connectivity index (χ1) is 10.2. The Bertz CT molecular complexity index is 710. The summed E-state index contributed by atoms with van der Waals surface area (Å²) >= 11 is 1.59. The molecule has 1 aliphatic heterocycles. The van der Waals surface area contributed by atoms with Crippen LogP contribution in [0.15, 0.2) is 34.2 Å². The van der Waals surface area contributed by atoms with Crippen molar-refractivity contribution in [3.63, 3.8) is 0 Å². The molecule has 2 aromatic rings. The summed E-state index contributed by atoms with van der Waals surface area (Å²) in [6.45, 7) is 0.714.